The van der Waals surface area contributed by atoms with E-state index >= 15 is 0 Å². The lowest BCUT2D eigenvalue weighted by Gasteiger charge is -2.41. The van der Waals surface area contributed by atoms with E-state index in [-0.39, 0.29) is 17.4 Å². The summed E-state index contributed by atoms with van der Waals surface area (Å²) in [5.41, 5.74) is 11.4. The molecule has 16 heavy (non-hydrogen) atoms. The first-order valence-corrected chi connectivity index (χ1v) is 6.30. The standard InChI is InChI=1S/C12H25N3O/c1-3-15(8-10(2)11(14)16)12(9-13)6-4-5-7-12/h10H,3-9,13H2,1-2H3,(H2,14,16). The number of hydrogen-bond donors (Lipinski definition) is 2. The number of carbonyl (C=O) groups excluding carboxylic acids is 1. The number of amides is 1. The van der Waals surface area contributed by atoms with Gasteiger partial charge in [0.25, 0.3) is 0 Å². The fourth-order valence-corrected chi connectivity index (χ4v) is 2.76. The minimum atomic E-state index is -0.219. The highest BCUT2D eigenvalue weighted by Crippen LogP contribution is 2.34. The molecule has 0 aromatic rings. The molecule has 1 rings (SSSR count). The number of likely N-dealkylation sites (N-methyl/N-ethyl adjacent to an activating group) is 1. The zero-order valence-corrected chi connectivity index (χ0v) is 10.5. The number of nitrogens with two attached hydrogens (primary N) is 2. The van der Waals surface area contributed by atoms with E-state index in [1.54, 1.807) is 0 Å². The maximum absolute atomic E-state index is 11.1. The Labute approximate surface area is 98.3 Å². The molecule has 0 aromatic heterocycles. The van der Waals surface area contributed by atoms with E-state index in [0.717, 1.165) is 25.9 Å². The summed E-state index contributed by atoms with van der Waals surface area (Å²) in [6, 6.07) is 0. The molecule has 1 amide bonds. The molecule has 0 radical (unpaired) electrons. The van der Waals surface area contributed by atoms with Gasteiger partial charge in [0.1, 0.15) is 0 Å². The van der Waals surface area contributed by atoms with Gasteiger partial charge in [-0.15, -0.1) is 0 Å². The summed E-state index contributed by atoms with van der Waals surface area (Å²) in [4.78, 5) is 13.5. The van der Waals surface area contributed by atoms with E-state index in [1.165, 1.54) is 12.8 Å². The molecule has 1 aliphatic rings. The number of carbonyl (C=O) groups is 1. The Balaban J connectivity index is 2.68. The minimum Gasteiger partial charge on any atom is -0.369 e. The Hall–Kier alpha value is -0.610. The van der Waals surface area contributed by atoms with Gasteiger partial charge in [0.15, 0.2) is 0 Å². The van der Waals surface area contributed by atoms with Gasteiger partial charge in [-0.25, -0.2) is 0 Å². The third-order valence-corrected chi connectivity index (χ3v) is 3.95. The Bertz CT molecular complexity index is 236. The van der Waals surface area contributed by atoms with Crippen LogP contribution in [0.15, 0.2) is 0 Å². The number of rotatable bonds is 6. The van der Waals surface area contributed by atoms with Crippen molar-refractivity contribution in [3.05, 3.63) is 0 Å². The molecule has 4 nitrogen and oxygen atoms in total. The van der Waals surface area contributed by atoms with E-state index < -0.39 is 0 Å². The summed E-state index contributed by atoms with van der Waals surface area (Å²) in [6.45, 7) is 6.39. The summed E-state index contributed by atoms with van der Waals surface area (Å²) in [5, 5.41) is 0. The second-order valence-corrected chi connectivity index (χ2v) is 4.98. The summed E-state index contributed by atoms with van der Waals surface area (Å²) in [6.07, 6.45) is 4.81. The molecule has 94 valence electrons. The summed E-state index contributed by atoms with van der Waals surface area (Å²) in [7, 11) is 0. The van der Waals surface area contributed by atoms with E-state index in [0.29, 0.717) is 6.54 Å². The predicted molar refractivity (Wildman–Crippen MR) is 65.9 cm³/mol. The van der Waals surface area contributed by atoms with Crippen LogP contribution in [-0.4, -0.2) is 36.0 Å². The Morgan fingerprint density at radius 2 is 2.00 bits per heavy atom. The molecule has 4 N–H and O–H groups in total. The average molecular weight is 227 g/mol. The topological polar surface area (TPSA) is 72.3 Å². The van der Waals surface area contributed by atoms with Gasteiger partial charge in [-0.2, -0.15) is 0 Å². The van der Waals surface area contributed by atoms with Gasteiger partial charge >= 0.3 is 0 Å². The third-order valence-electron chi connectivity index (χ3n) is 3.95. The van der Waals surface area contributed by atoms with Gasteiger partial charge in [0, 0.05) is 24.5 Å². The van der Waals surface area contributed by atoms with E-state index in [1.807, 2.05) is 6.92 Å². The van der Waals surface area contributed by atoms with Crippen molar-refractivity contribution >= 4 is 5.91 Å². The molecular formula is C12H25N3O. The quantitative estimate of drug-likeness (QED) is 0.701. The number of primary amides is 1. The molecule has 0 heterocycles. The highest BCUT2D eigenvalue weighted by atomic mass is 16.1. The maximum Gasteiger partial charge on any atom is 0.221 e. The molecule has 0 aliphatic heterocycles. The van der Waals surface area contributed by atoms with Gasteiger partial charge in [-0.1, -0.05) is 26.7 Å². The first-order chi connectivity index (χ1) is 7.55. The van der Waals surface area contributed by atoms with Crippen molar-refractivity contribution in [1.29, 1.82) is 0 Å². The van der Waals surface area contributed by atoms with E-state index in [2.05, 4.69) is 11.8 Å². The van der Waals surface area contributed by atoms with Gasteiger partial charge < -0.3 is 11.5 Å². The molecule has 1 unspecified atom stereocenters. The van der Waals surface area contributed by atoms with Crippen molar-refractivity contribution in [2.24, 2.45) is 17.4 Å². The maximum atomic E-state index is 11.1. The van der Waals surface area contributed by atoms with Crippen LogP contribution in [0.5, 0.6) is 0 Å². The normalized spacial score (nSPS) is 21.2. The SMILES string of the molecule is CCN(CC(C)C(N)=O)C1(CN)CCCC1. The van der Waals surface area contributed by atoms with Crippen LogP contribution in [0.3, 0.4) is 0 Å². The van der Waals surface area contributed by atoms with Crippen LogP contribution in [-0.2, 0) is 4.79 Å². The fourth-order valence-electron chi connectivity index (χ4n) is 2.76. The molecule has 0 bridgehead atoms. The van der Waals surface area contributed by atoms with Gasteiger partial charge in [-0.3, -0.25) is 9.69 Å². The fraction of sp³-hybridized carbons (Fsp3) is 0.917. The molecule has 0 saturated heterocycles. The lowest BCUT2D eigenvalue weighted by atomic mass is 9.93. The smallest absolute Gasteiger partial charge is 0.221 e. The minimum absolute atomic E-state index is 0.0935. The first-order valence-electron chi connectivity index (χ1n) is 6.30. The zero-order valence-electron chi connectivity index (χ0n) is 10.5. The summed E-state index contributed by atoms with van der Waals surface area (Å²) >= 11 is 0. The van der Waals surface area contributed by atoms with E-state index in [9.17, 15) is 4.79 Å². The van der Waals surface area contributed by atoms with Crippen molar-refractivity contribution in [3.63, 3.8) is 0 Å². The molecule has 1 atom stereocenters. The molecule has 1 fully saturated rings. The summed E-state index contributed by atoms with van der Waals surface area (Å²) < 4.78 is 0. The second kappa shape index (κ2) is 5.64. The van der Waals surface area contributed by atoms with Crippen LogP contribution in [0.4, 0.5) is 0 Å². The zero-order chi connectivity index (χ0) is 12.2. The first kappa shape index (κ1) is 13.5. The Morgan fingerprint density at radius 3 is 2.38 bits per heavy atom. The molecule has 0 aromatic carbocycles. The van der Waals surface area contributed by atoms with Crippen LogP contribution in [0.25, 0.3) is 0 Å². The third kappa shape index (κ3) is 2.74. The Kier molecular flexibility index (Phi) is 4.74. The van der Waals surface area contributed by atoms with Gasteiger partial charge in [0.05, 0.1) is 0 Å². The largest absolute Gasteiger partial charge is 0.369 e. The molecule has 1 saturated carbocycles. The molecule has 1 aliphatic carbocycles. The molecular weight excluding hydrogens is 202 g/mol. The lowest BCUT2D eigenvalue weighted by Crippen LogP contribution is -2.54. The van der Waals surface area contributed by atoms with E-state index in [4.69, 9.17) is 11.5 Å². The average Bonchev–Trinajstić information content (AvgIpc) is 2.74. The van der Waals surface area contributed by atoms with Gasteiger partial charge in [-0.05, 0) is 19.4 Å². The van der Waals surface area contributed by atoms with Crippen molar-refractivity contribution in [2.45, 2.75) is 45.1 Å². The van der Waals surface area contributed by atoms with Crippen molar-refractivity contribution in [2.75, 3.05) is 19.6 Å². The van der Waals surface area contributed by atoms with Crippen LogP contribution in [0.2, 0.25) is 0 Å². The summed E-state index contributed by atoms with van der Waals surface area (Å²) in [5.74, 6) is -0.312. The number of nitrogens with zero attached hydrogens (tertiary/aromatic N) is 1. The molecule has 4 heteroatoms. The van der Waals surface area contributed by atoms with Crippen LogP contribution < -0.4 is 11.5 Å². The second-order valence-electron chi connectivity index (χ2n) is 4.98. The lowest BCUT2D eigenvalue weighted by molar-refractivity contribution is -0.122. The Morgan fingerprint density at radius 1 is 1.44 bits per heavy atom. The monoisotopic (exact) mass is 227 g/mol. The molecule has 0 spiro atoms. The highest BCUT2D eigenvalue weighted by molar-refractivity contribution is 5.76. The highest BCUT2D eigenvalue weighted by Gasteiger charge is 2.38. The van der Waals surface area contributed by atoms with Crippen LogP contribution in [0.1, 0.15) is 39.5 Å². The van der Waals surface area contributed by atoms with Crippen molar-refractivity contribution in [3.8, 4) is 0 Å². The number of hydrogen-bond acceptors (Lipinski definition) is 3. The van der Waals surface area contributed by atoms with Gasteiger partial charge in [0.2, 0.25) is 5.91 Å². The van der Waals surface area contributed by atoms with Crippen molar-refractivity contribution < 1.29 is 4.79 Å². The van der Waals surface area contributed by atoms with Crippen molar-refractivity contribution in [1.82, 2.24) is 4.90 Å². The predicted octanol–water partition coefficient (Wildman–Crippen LogP) is 0.701. The van der Waals surface area contributed by atoms with Crippen LogP contribution in [0, 0.1) is 5.92 Å². The van der Waals surface area contributed by atoms with Crippen LogP contribution >= 0.6 is 0 Å².